The number of hydrogen-bond acceptors (Lipinski definition) is 4. The van der Waals surface area contributed by atoms with E-state index in [4.69, 9.17) is 5.11 Å². The van der Waals surface area contributed by atoms with Gasteiger partial charge in [0.15, 0.2) is 0 Å². The highest BCUT2D eigenvalue weighted by Crippen LogP contribution is 2.23. The number of carbonyl (C=O) groups is 2. The van der Waals surface area contributed by atoms with Gasteiger partial charge in [0.2, 0.25) is 5.91 Å². The quantitative estimate of drug-likeness (QED) is 0.805. The maximum Gasteiger partial charge on any atom is 0.303 e. The summed E-state index contributed by atoms with van der Waals surface area (Å²) in [5.74, 6) is 1.29. The molecule has 2 unspecified atom stereocenters. The lowest BCUT2D eigenvalue weighted by Crippen LogP contribution is -2.54. The number of nitrogens with zero attached hydrogens (tertiary/aromatic N) is 1. The smallest absolute Gasteiger partial charge is 0.303 e. The van der Waals surface area contributed by atoms with Gasteiger partial charge in [-0.1, -0.05) is 0 Å². The summed E-state index contributed by atoms with van der Waals surface area (Å²) in [7, 11) is 0. The van der Waals surface area contributed by atoms with Gasteiger partial charge in [-0.25, -0.2) is 0 Å². The molecule has 1 amide bonds. The highest BCUT2D eigenvalue weighted by atomic mass is 32.2. The lowest BCUT2D eigenvalue weighted by molar-refractivity contribution is -0.140. The molecule has 19 heavy (non-hydrogen) atoms. The molecular formula is C13H22N2O3S. The van der Waals surface area contributed by atoms with Crippen LogP contribution >= 0.6 is 11.8 Å². The van der Waals surface area contributed by atoms with E-state index in [0.717, 1.165) is 43.9 Å². The number of nitrogens with one attached hydrogen (secondary N) is 1. The van der Waals surface area contributed by atoms with Crippen molar-refractivity contribution in [1.29, 1.82) is 0 Å². The number of rotatable bonds is 4. The third kappa shape index (κ3) is 4.11. The standard InChI is InChI=1S/C13H22N2O3S/c16-12(17)5-4-10-3-1-2-7-15(10)13(18)11-9-19-8-6-14-11/h10-11,14H,1-9H2,(H,16,17). The molecule has 2 atom stereocenters. The van der Waals surface area contributed by atoms with E-state index in [1.807, 2.05) is 16.7 Å². The molecule has 2 N–H and O–H groups in total. The molecule has 0 aromatic carbocycles. The molecule has 2 fully saturated rings. The maximum atomic E-state index is 12.5. The Kier molecular flexibility index (Phi) is 5.51. The Morgan fingerprint density at radius 3 is 2.89 bits per heavy atom. The summed E-state index contributed by atoms with van der Waals surface area (Å²) in [6.45, 7) is 1.67. The lowest BCUT2D eigenvalue weighted by atomic mass is 9.97. The summed E-state index contributed by atoms with van der Waals surface area (Å²) in [5.41, 5.74) is 0. The van der Waals surface area contributed by atoms with E-state index in [1.54, 1.807) is 0 Å². The number of carbonyl (C=O) groups excluding carboxylic acids is 1. The van der Waals surface area contributed by atoms with Crippen LogP contribution in [0.25, 0.3) is 0 Å². The fraction of sp³-hybridized carbons (Fsp3) is 0.846. The molecule has 6 heteroatoms. The molecule has 2 rings (SSSR count). The third-order valence-electron chi connectivity index (χ3n) is 3.82. The molecule has 2 saturated heterocycles. The molecular weight excluding hydrogens is 264 g/mol. The zero-order valence-corrected chi connectivity index (χ0v) is 12.0. The van der Waals surface area contributed by atoms with Crippen LogP contribution < -0.4 is 5.32 Å². The minimum atomic E-state index is -0.774. The average Bonchev–Trinajstić information content (AvgIpc) is 2.45. The maximum absolute atomic E-state index is 12.5. The van der Waals surface area contributed by atoms with Gasteiger partial charge in [0.25, 0.3) is 0 Å². The predicted molar refractivity (Wildman–Crippen MR) is 75.3 cm³/mol. The number of carboxylic acids is 1. The van der Waals surface area contributed by atoms with Crippen LogP contribution in [0.4, 0.5) is 0 Å². The van der Waals surface area contributed by atoms with Crippen LogP contribution in [0.1, 0.15) is 32.1 Å². The highest BCUT2D eigenvalue weighted by Gasteiger charge is 2.32. The zero-order chi connectivity index (χ0) is 13.7. The molecule has 0 aliphatic carbocycles. The Bertz CT molecular complexity index is 332. The molecule has 0 aromatic rings. The molecule has 0 aromatic heterocycles. The molecule has 0 spiro atoms. The van der Waals surface area contributed by atoms with Crippen molar-refractivity contribution in [1.82, 2.24) is 10.2 Å². The van der Waals surface area contributed by atoms with Crippen LogP contribution in [0.2, 0.25) is 0 Å². The topological polar surface area (TPSA) is 69.6 Å². The summed E-state index contributed by atoms with van der Waals surface area (Å²) in [6, 6.07) is 0.0373. The van der Waals surface area contributed by atoms with E-state index in [0.29, 0.717) is 6.42 Å². The first-order valence-corrected chi connectivity index (χ1v) is 8.17. The van der Waals surface area contributed by atoms with Crippen molar-refractivity contribution >= 4 is 23.6 Å². The van der Waals surface area contributed by atoms with Crippen LogP contribution in [0.15, 0.2) is 0 Å². The minimum absolute atomic E-state index is 0.0795. The SMILES string of the molecule is O=C(O)CCC1CCCCN1C(=O)C1CSCCN1. The van der Waals surface area contributed by atoms with E-state index < -0.39 is 5.97 Å². The van der Waals surface area contributed by atoms with Gasteiger partial charge in [-0.15, -0.1) is 0 Å². The van der Waals surface area contributed by atoms with Crippen molar-refractivity contribution in [3.63, 3.8) is 0 Å². The van der Waals surface area contributed by atoms with Crippen LogP contribution in [-0.4, -0.2) is 58.6 Å². The van der Waals surface area contributed by atoms with Gasteiger partial charge in [-0.2, -0.15) is 11.8 Å². The first-order chi connectivity index (χ1) is 9.18. The monoisotopic (exact) mass is 286 g/mol. The number of thioether (sulfide) groups is 1. The number of hydrogen-bond donors (Lipinski definition) is 2. The summed E-state index contributed by atoms with van der Waals surface area (Å²) < 4.78 is 0. The summed E-state index contributed by atoms with van der Waals surface area (Å²) in [4.78, 5) is 25.1. The molecule has 5 nitrogen and oxygen atoms in total. The Morgan fingerprint density at radius 2 is 2.21 bits per heavy atom. The molecule has 2 aliphatic heterocycles. The summed E-state index contributed by atoms with van der Waals surface area (Å²) in [5, 5.41) is 12.1. The number of carboxylic acid groups (broad SMARTS) is 1. The van der Waals surface area contributed by atoms with Gasteiger partial charge in [-0.3, -0.25) is 9.59 Å². The number of piperidine rings is 1. The van der Waals surface area contributed by atoms with Crippen molar-refractivity contribution in [2.45, 2.75) is 44.2 Å². The Hall–Kier alpha value is -0.750. The zero-order valence-electron chi connectivity index (χ0n) is 11.1. The highest BCUT2D eigenvalue weighted by molar-refractivity contribution is 7.99. The molecule has 2 aliphatic rings. The number of amides is 1. The lowest BCUT2D eigenvalue weighted by Gasteiger charge is -2.38. The van der Waals surface area contributed by atoms with Crippen molar-refractivity contribution in [2.75, 3.05) is 24.6 Å². The molecule has 0 saturated carbocycles. The molecule has 0 radical (unpaired) electrons. The second-order valence-electron chi connectivity index (χ2n) is 5.20. The normalized spacial score (nSPS) is 28.1. The second kappa shape index (κ2) is 7.14. The third-order valence-corrected chi connectivity index (χ3v) is 4.88. The second-order valence-corrected chi connectivity index (χ2v) is 6.35. The predicted octanol–water partition coefficient (Wildman–Crippen LogP) is 0.937. The van der Waals surface area contributed by atoms with Crippen LogP contribution in [0, 0.1) is 0 Å². The average molecular weight is 286 g/mol. The van der Waals surface area contributed by atoms with Gasteiger partial charge < -0.3 is 15.3 Å². The largest absolute Gasteiger partial charge is 0.481 e. The van der Waals surface area contributed by atoms with Crippen molar-refractivity contribution in [2.24, 2.45) is 0 Å². The van der Waals surface area contributed by atoms with E-state index in [-0.39, 0.29) is 24.4 Å². The van der Waals surface area contributed by atoms with Crippen molar-refractivity contribution < 1.29 is 14.7 Å². The van der Waals surface area contributed by atoms with Gasteiger partial charge >= 0.3 is 5.97 Å². The molecule has 2 heterocycles. The number of aliphatic carboxylic acids is 1. The van der Waals surface area contributed by atoms with E-state index >= 15 is 0 Å². The summed E-state index contributed by atoms with van der Waals surface area (Å²) in [6.07, 6.45) is 3.82. The van der Waals surface area contributed by atoms with Gasteiger partial charge in [-0.05, 0) is 25.7 Å². The first kappa shape index (κ1) is 14.7. The Labute approximate surface area is 118 Å². The van der Waals surface area contributed by atoms with Crippen molar-refractivity contribution in [3.8, 4) is 0 Å². The molecule has 108 valence electrons. The van der Waals surface area contributed by atoms with Gasteiger partial charge in [0.05, 0.1) is 6.04 Å². The summed E-state index contributed by atoms with van der Waals surface area (Å²) >= 11 is 1.81. The van der Waals surface area contributed by atoms with Gasteiger partial charge in [0.1, 0.15) is 0 Å². The van der Waals surface area contributed by atoms with Crippen LogP contribution in [0.3, 0.4) is 0 Å². The van der Waals surface area contributed by atoms with Crippen molar-refractivity contribution in [3.05, 3.63) is 0 Å². The van der Waals surface area contributed by atoms with E-state index in [1.165, 1.54) is 0 Å². The Morgan fingerprint density at radius 1 is 1.37 bits per heavy atom. The first-order valence-electron chi connectivity index (χ1n) is 7.02. The van der Waals surface area contributed by atoms with Crippen LogP contribution in [0.5, 0.6) is 0 Å². The Balaban J connectivity index is 1.93. The minimum Gasteiger partial charge on any atom is -0.481 e. The van der Waals surface area contributed by atoms with E-state index in [9.17, 15) is 9.59 Å². The van der Waals surface area contributed by atoms with Crippen LogP contribution in [-0.2, 0) is 9.59 Å². The van der Waals surface area contributed by atoms with Gasteiger partial charge in [0, 0.05) is 37.1 Å². The fourth-order valence-electron chi connectivity index (χ4n) is 2.81. The van der Waals surface area contributed by atoms with E-state index in [2.05, 4.69) is 5.32 Å². The number of likely N-dealkylation sites (tertiary alicyclic amines) is 1. The molecule has 0 bridgehead atoms. The fourth-order valence-corrected chi connectivity index (χ4v) is 3.73.